The third-order valence-corrected chi connectivity index (χ3v) is 8.05. The zero-order chi connectivity index (χ0) is 23.1. The molecule has 2 atom stereocenters. The number of rotatable bonds is 5. The number of carbonyl (C=O) groups is 1. The van der Waals surface area contributed by atoms with Gasteiger partial charge in [0.05, 0.1) is 11.8 Å². The Hall–Kier alpha value is -2.68. The van der Waals surface area contributed by atoms with Crippen molar-refractivity contribution in [3.05, 3.63) is 23.0 Å². The third kappa shape index (κ3) is 4.15. The van der Waals surface area contributed by atoms with E-state index in [-0.39, 0.29) is 11.9 Å². The number of fused-ring (bicyclic) bond motifs is 1. The highest BCUT2D eigenvalue weighted by Crippen LogP contribution is 2.36. The normalized spacial score (nSPS) is 25.2. The number of nitrogens with one attached hydrogen (secondary N) is 2. The Morgan fingerprint density at radius 3 is 2.65 bits per heavy atom. The van der Waals surface area contributed by atoms with Crippen LogP contribution in [0.4, 0.5) is 17.6 Å². The Morgan fingerprint density at radius 1 is 1.00 bits per heavy atom. The van der Waals surface area contributed by atoms with E-state index in [0.29, 0.717) is 30.5 Å². The van der Waals surface area contributed by atoms with Crippen LogP contribution >= 0.6 is 0 Å². The van der Waals surface area contributed by atoms with Crippen LogP contribution in [0, 0.1) is 0 Å². The second kappa shape index (κ2) is 9.17. The van der Waals surface area contributed by atoms with Gasteiger partial charge in [0.1, 0.15) is 11.9 Å². The van der Waals surface area contributed by atoms with Crippen LogP contribution in [0.5, 0.6) is 0 Å². The molecule has 0 bridgehead atoms. The molecular weight excluding hydrogens is 430 g/mol. The van der Waals surface area contributed by atoms with Crippen molar-refractivity contribution in [1.29, 1.82) is 0 Å². The van der Waals surface area contributed by atoms with Crippen LogP contribution in [0.3, 0.4) is 0 Å². The first-order chi connectivity index (χ1) is 16.7. The molecule has 4 aliphatic rings. The standard InChI is InChI=1S/C25H35N7O2/c33-17-13-18-20(14-17)26-25(32-12-6-9-21(32)24(34)31-10-4-1-5-11-31)28-23(18)27-22-15-19(29-30-22)16-7-2-3-8-16/h15-17,21,33H,1-14H2,(H2,26,27,28,29,30)/t17-,21-/m0/s1. The van der Waals surface area contributed by atoms with E-state index in [2.05, 4.69) is 26.5 Å². The van der Waals surface area contributed by atoms with Gasteiger partial charge in [0.25, 0.3) is 0 Å². The van der Waals surface area contributed by atoms with E-state index in [9.17, 15) is 9.90 Å². The lowest BCUT2D eigenvalue weighted by molar-refractivity contribution is -0.133. The van der Waals surface area contributed by atoms with Crippen molar-refractivity contribution < 1.29 is 9.90 Å². The molecule has 34 heavy (non-hydrogen) atoms. The molecule has 0 radical (unpaired) electrons. The smallest absolute Gasteiger partial charge is 0.245 e. The molecule has 1 amide bonds. The van der Waals surface area contributed by atoms with E-state index in [1.165, 1.54) is 37.8 Å². The maximum Gasteiger partial charge on any atom is 0.245 e. The van der Waals surface area contributed by atoms with Crippen molar-refractivity contribution in [2.24, 2.45) is 0 Å². The van der Waals surface area contributed by atoms with Crippen LogP contribution in [-0.2, 0) is 17.6 Å². The van der Waals surface area contributed by atoms with Crippen LogP contribution < -0.4 is 10.2 Å². The number of aliphatic hydroxyl groups excluding tert-OH is 1. The summed E-state index contributed by atoms with van der Waals surface area (Å²) in [6, 6.07) is 1.89. The lowest BCUT2D eigenvalue weighted by Gasteiger charge is -2.32. The minimum Gasteiger partial charge on any atom is -0.392 e. The molecule has 6 rings (SSSR count). The van der Waals surface area contributed by atoms with Gasteiger partial charge in [-0.1, -0.05) is 12.8 Å². The fraction of sp³-hybridized carbons (Fsp3) is 0.680. The molecule has 2 aliphatic carbocycles. The van der Waals surface area contributed by atoms with E-state index in [1.54, 1.807) is 0 Å². The lowest BCUT2D eigenvalue weighted by Crippen LogP contribution is -2.48. The Balaban J connectivity index is 1.27. The summed E-state index contributed by atoms with van der Waals surface area (Å²) in [7, 11) is 0. The summed E-state index contributed by atoms with van der Waals surface area (Å²) in [5.74, 6) is 2.82. The number of aliphatic hydroxyl groups is 1. The fourth-order valence-corrected chi connectivity index (χ4v) is 6.22. The van der Waals surface area contributed by atoms with Gasteiger partial charge in [-0.2, -0.15) is 10.1 Å². The average molecular weight is 466 g/mol. The number of hydrogen-bond donors (Lipinski definition) is 3. The van der Waals surface area contributed by atoms with Gasteiger partial charge >= 0.3 is 0 Å². The number of amides is 1. The minimum atomic E-state index is -0.447. The number of aromatic nitrogens is 4. The molecule has 2 aromatic heterocycles. The van der Waals surface area contributed by atoms with Gasteiger partial charge in [-0.25, -0.2) is 4.98 Å². The monoisotopic (exact) mass is 465 g/mol. The fourth-order valence-electron chi connectivity index (χ4n) is 6.22. The molecule has 2 aromatic rings. The molecule has 3 N–H and O–H groups in total. The molecule has 2 aliphatic heterocycles. The Labute approximate surface area is 200 Å². The average Bonchev–Trinajstić information content (AvgIpc) is 3.65. The molecule has 2 saturated heterocycles. The number of likely N-dealkylation sites (tertiary alicyclic amines) is 1. The van der Waals surface area contributed by atoms with E-state index < -0.39 is 6.10 Å². The molecule has 0 unspecified atom stereocenters. The molecule has 1 saturated carbocycles. The largest absolute Gasteiger partial charge is 0.392 e. The molecule has 182 valence electrons. The Morgan fingerprint density at radius 2 is 1.82 bits per heavy atom. The van der Waals surface area contributed by atoms with E-state index >= 15 is 0 Å². The number of H-pyrrole nitrogens is 1. The molecule has 3 fully saturated rings. The van der Waals surface area contributed by atoms with Gasteiger partial charge in [0, 0.05) is 55.7 Å². The van der Waals surface area contributed by atoms with Crippen molar-refractivity contribution in [1.82, 2.24) is 25.1 Å². The molecule has 0 aromatic carbocycles. The molecular formula is C25H35N7O2. The zero-order valence-electron chi connectivity index (χ0n) is 19.8. The maximum absolute atomic E-state index is 13.3. The first-order valence-corrected chi connectivity index (χ1v) is 13.1. The second-order valence-electron chi connectivity index (χ2n) is 10.4. The van der Waals surface area contributed by atoms with Gasteiger partial charge in [-0.15, -0.1) is 0 Å². The highest BCUT2D eigenvalue weighted by atomic mass is 16.3. The first-order valence-electron chi connectivity index (χ1n) is 13.1. The summed E-state index contributed by atoms with van der Waals surface area (Å²) in [5, 5.41) is 21.5. The van der Waals surface area contributed by atoms with E-state index in [0.717, 1.165) is 62.4 Å². The molecule has 0 spiro atoms. The lowest BCUT2D eigenvalue weighted by atomic mass is 10.0. The van der Waals surface area contributed by atoms with Crippen LogP contribution in [0.2, 0.25) is 0 Å². The number of carbonyl (C=O) groups excluding carboxylic acids is 1. The van der Waals surface area contributed by atoms with Crippen molar-refractivity contribution in [2.75, 3.05) is 29.9 Å². The summed E-state index contributed by atoms with van der Waals surface area (Å²) >= 11 is 0. The summed E-state index contributed by atoms with van der Waals surface area (Å²) in [6.07, 6.45) is 10.8. The third-order valence-electron chi connectivity index (χ3n) is 8.05. The Bertz CT molecular complexity index is 1040. The van der Waals surface area contributed by atoms with Gasteiger partial charge in [-0.05, 0) is 44.9 Å². The quantitative estimate of drug-likeness (QED) is 0.622. The number of anilines is 3. The van der Waals surface area contributed by atoms with Crippen molar-refractivity contribution >= 4 is 23.5 Å². The highest BCUT2D eigenvalue weighted by Gasteiger charge is 2.37. The van der Waals surface area contributed by atoms with Crippen molar-refractivity contribution in [3.8, 4) is 0 Å². The molecule has 4 heterocycles. The van der Waals surface area contributed by atoms with Gasteiger partial charge < -0.3 is 20.2 Å². The predicted molar refractivity (Wildman–Crippen MR) is 129 cm³/mol. The van der Waals surface area contributed by atoms with Crippen molar-refractivity contribution in [3.63, 3.8) is 0 Å². The van der Waals surface area contributed by atoms with Crippen LogP contribution in [0.1, 0.15) is 80.7 Å². The molecule has 9 heteroatoms. The number of piperidine rings is 1. The summed E-state index contributed by atoms with van der Waals surface area (Å²) in [6.45, 7) is 2.49. The maximum atomic E-state index is 13.3. The first kappa shape index (κ1) is 21.8. The van der Waals surface area contributed by atoms with Gasteiger partial charge in [0.15, 0.2) is 5.82 Å². The summed E-state index contributed by atoms with van der Waals surface area (Å²) < 4.78 is 0. The molecule has 9 nitrogen and oxygen atoms in total. The van der Waals surface area contributed by atoms with E-state index in [1.807, 2.05) is 4.90 Å². The van der Waals surface area contributed by atoms with Gasteiger partial charge in [0.2, 0.25) is 11.9 Å². The van der Waals surface area contributed by atoms with Crippen LogP contribution in [0.15, 0.2) is 6.07 Å². The van der Waals surface area contributed by atoms with Crippen LogP contribution in [0.25, 0.3) is 0 Å². The summed E-state index contributed by atoms with van der Waals surface area (Å²) in [5.41, 5.74) is 3.01. The second-order valence-corrected chi connectivity index (χ2v) is 10.4. The predicted octanol–water partition coefficient (Wildman–Crippen LogP) is 3.04. The van der Waals surface area contributed by atoms with Gasteiger partial charge in [-0.3, -0.25) is 9.89 Å². The SMILES string of the molecule is O=C([C@@H]1CCCN1c1nc2c(c(Nc3cc(C4CCCC4)[nH]n3)n1)C[C@H](O)C2)N1CCCCC1. The number of aromatic amines is 1. The number of hydrogen-bond acceptors (Lipinski definition) is 7. The topological polar surface area (TPSA) is 110 Å². The van der Waals surface area contributed by atoms with Crippen molar-refractivity contribution in [2.45, 2.75) is 88.7 Å². The van der Waals surface area contributed by atoms with Crippen LogP contribution in [-0.4, -0.2) is 67.9 Å². The van der Waals surface area contributed by atoms with E-state index in [4.69, 9.17) is 9.97 Å². The Kier molecular flexibility index (Phi) is 5.89. The number of nitrogens with zero attached hydrogens (tertiary/aromatic N) is 5. The summed E-state index contributed by atoms with van der Waals surface area (Å²) in [4.78, 5) is 27.2. The minimum absolute atomic E-state index is 0.199. The highest BCUT2D eigenvalue weighted by molar-refractivity contribution is 5.85. The zero-order valence-corrected chi connectivity index (χ0v) is 19.8.